The van der Waals surface area contributed by atoms with E-state index in [0.717, 1.165) is 16.9 Å². The topological polar surface area (TPSA) is 29.5 Å². The third-order valence-electron chi connectivity index (χ3n) is 2.91. The van der Waals surface area contributed by atoms with Crippen LogP contribution in [0.5, 0.6) is 5.75 Å². The van der Waals surface area contributed by atoms with E-state index in [-0.39, 0.29) is 6.10 Å². The second-order valence-corrected chi connectivity index (χ2v) is 4.94. The molecule has 100 valence electrons. The second-order valence-electron chi connectivity index (χ2n) is 4.94. The summed E-state index contributed by atoms with van der Waals surface area (Å²) in [5, 5.41) is 10.2. The molecule has 2 aromatic carbocycles. The standard InChI is InChI=1S/C17H20O2/c1-13(2)19-16-10-8-15(9-11-16)17(18)12-14-6-4-3-5-7-14/h3-11,13,17-18H,12H2,1-2H3. The smallest absolute Gasteiger partial charge is 0.119 e. The molecule has 0 saturated carbocycles. The van der Waals surface area contributed by atoms with Crippen LogP contribution in [0.15, 0.2) is 54.6 Å². The normalized spacial score (nSPS) is 12.4. The van der Waals surface area contributed by atoms with Gasteiger partial charge in [0, 0.05) is 6.42 Å². The van der Waals surface area contributed by atoms with E-state index in [1.165, 1.54) is 0 Å². The molecule has 0 heterocycles. The van der Waals surface area contributed by atoms with Crippen molar-refractivity contribution in [3.63, 3.8) is 0 Å². The molecular weight excluding hydrogens is 236 g/mol. The number of rotatable bonds is 5. The third-order valence-corrected chi connectivity index (χ3v) is 2.91. The SMILES string of the molecule is CC(C)Oc1ccc(C(O)Cc2ccccc2)cc1. The Morgan fingerprint density at radius 1 is 0.947 bits per heavy atom. The van der Waals surface area contributed by atoms with Crippen LogP contribution in [0.25, 0.3) is 0 Å². The first kappa shape index (κ1) is 13.6. The minimum absolute atomic E-state index is 0.167. The van der Waals surface area contributed by atoms with Crippen LogP contribution in [0, 0.1) is 0 Å². The highest BCUT2D eigenvalue weighted by atomic mass is 16.5. The van der Waals surface area contributed by atoms with Gasteiger partial charge in [0.15, 0.2) is 0 Å². The minimum atomic E-state index is -0.476. The summed E-state index contributed by atoms with van der Waals surface area (Å²) in [4.78, 5) is 0. The molecule has 0 spiro atoms. The Morgan fingerprint density at radius 3 is 2.16 bits per heavy atom. The molecule has 19 heavy (non-hydrogen) atoms. The Labute approximate surface area is 114 Å². The van der Waals surface area contributed by atoms with E-state index >= 15 is 0 Å². The maximum atomic E-state index is 10.2. The second kappa shape index (κ2) is 6.39. The van der Waals surface area contributed by atoms with E-state index in [0.29, 0.717) is 6.42 Å². The van der Waals surface area contributed by atoms with Crippen LogP contribution in [0.1, 0.15) is 31.1 Å². The zero-order valence-electron chi connectivity index (χ0n) is 11.4. The summed E-state index contributed by atoms with van der Waals surface area (Å²) in [6.07, 6.45) is 0.321. The van der Waals surface area contributed by atoms with Crippen LogP contribution in [-0.2, 0) is 6.42 Å². The average Bonchev–Trinajstić information content (AvgIpc) is 2.40. The highest BCUT2D eigenvalue weighted by Gasteiger charge is 2.08. The van der Waals surface area contributed by atoms with Gasteiger partial charge in [-0.05, 0) is 37.1 Å². The zero-order chi connectivity index (χ0) is 13.7. The first-order valence-corrected chi connectivity index (χ1v) is 6.64. The van der Waals surface area contributed by atoms with E-state index in [2.05, 4.69) is 0 Å². The lowest BCUT2D eigenvalue weighted by Crippen LogP contribution is -2.06. The van der Waals surface area contributed by atoms with Gasteiger partial charge in [0.1, 0.15) is 5.75 Å². The number of ether oxygens (including phenoxy) is 1. The molecule has 2 aromatic rings. The number of benzene rings is 2. The Bertz CT molecular complexity index is 488. The lowest BCUT2D eigenvalue weighted by atomic mass is 10.0. The van der Waals surface area contributed by atoms with Crippen LogP contribution in [0.4, 0.5) is 0 Å². The molecule has 0 bridgehead atoms. The van der Waals surface area contributed by atoms with Gasteiger partial charge >= 0.3 is 0 Å². The Hall–Kier alpha value is -1.80. The lowest BCUT2D eigenvalue weighted by Gasteiger charge is -2.13. The van der Waals surface area contributed by atoms with Crippen molar-refractivity contribution in [3.05, 3.63) is 65.7 Å². The Kier molecular flexibility index (Phi) is 4.58. The molecule has 0 radical (unpaired) electrons. The van der Waals surface area contributed by atoms with Crippen molar-refractivity contribution < 1.29 is 9.84 Å². The molecular formula is C17H20O2. The Morgan fingerprint density at radius 2 is 1.58 bits per heavy atom. The fraction of sp³-hybridized carbons (Fsp3) is 0.294. The van der Waals surface area contributed by atoms with Crippen molar-refractivity contribution in [3.8, 4) is 5.75 Å². The third kappa shape index (κ3) is 4.11. The molecule has 2 nitrogen and oxygen atoms in total. The molecule has 1 unspecified atom stereocenters. The minimum Gasteiger partial charge on any atom is -0.491 e. The quantitative estimate of drug-likeness (QED) is 0.882. The van der Waals surface area contributed by atoms with Crippen LogP contribution in [-0.4, -0.2) is 11.2 Å². The molecule has 1 N–H and O–H groups in total. The number of aliphatic hydroxyl groups excluding tert-OH is 1. The molecule has 1 atom stereocenters. The first-order valence-electron chi connectivity index (χ1n) is 6.64. The van der Waals surface area contributed by atoms with Gasteiger partial charge in [-0.15, -0.1) is 0 Å². The van der Waals surface area contributed by atoms with Crippen LogP contribution >= 0.6 is 0 Å². The molecule has 0 aliphatic carbocycles. The molecule has 2 rings (SSSR count). The van der Waals surface area contributed by atoms with E-state index in [9.17, 15) is 5.11 Å². The van der Waals surface area contributed by atoms with Gasteiger partial charge in [-0.2, -0.15) is 0 Å². The van der Waals surface area contributed by atoms with Gasteiger partial charge in [0.25, 0.3) is 0 Å². The summed E-state index contributed by atoms with van der Waals surface area (Å²) in [6.45, 7) is 4.00. The van der Waals surface area contributed by atoms with E-state index < -0.39 is 6.10 Å². The number of hydrogen-bond donors (Lipinski definition) is 1. The lowest BCUT2D eigenvalue weighted by molar-refractivity contribution is 0.178. The van der Waals surface area contributed by atoms with Gasteiger partial charge < -0.3 is 9.84 Å². The molecule has 0 saturated heterocycles. The van der Waals surface area contributed by atoms with Gasteiger partial charge in [-0.1, -0.05) is 42.5 Å². The summed E-state index contributed by atoms with van der Waals surface area (Å²) in [6, 6.07) is 17.7. The predicted octanol–water partition coefficient (Wildman–Crippen LogP) is 3.75. The predicted molar refractivity (Wildman–Crippen MR) is 77.3 cm³/mol. The summed E-state index contributed by atoms with van der Waals surface area (Å²) in [7, 11) is 0. The monoisotopic (exact) mass is 256 g/mol. The highest BCUT2D eigenvalue weighted by molar-refractivity contribution is 5.29. The van der Waals surface area contributed by atoms with E-state index in [4.69, 9.17) is 4.74 Å². The summed E-state index contributed by atoms with van der Waals surface area (Å²) >= 11 is 0. The van der Waals surface area contributed by atoms with E-state index in [1.54, 1.807) is 0 Å². The summed E-state index contributed by atoms with van der Waals surface area (Å²) < 4.78 is 5.59. The summed E-state index contributed by atoms with van der Waals surface area (Å²) in [5.74, 6) is 0.839. The number of hydrogen-bond acceptors (Lipinski definition) is 2. The van der Waals surface area contributed by atoms with Crippen LogP contribution in [0.3, 0.4) is 0 Å². The van der Waals surface area contributed by atoms with Crippen molar-refractivity contribution in [1.29, 1.82) is 0 Å². The average molecular weight is 256 g/mol. The van der Waals surface area contributed by atoms with Crippen molar-refractivity contribution in [2.75, 3.05) is 0 Å². The van der Waals surface area contributed by atoms with Crippen molar-refractivity contribution in [1.82, 2.24) is 0 Å². The van der Waals surface area contributed by atoms with Gasteiger partial charge in [0.05, 0.1) is 12.2 Å². The van der Waals surface area contributed by atoms with E-state index in [1.807, 2.05) is 68.4 Å². The highest BCUT2D eigenvalue weighted by Crippen LogP contribution is 2.21. The molecule has 2 heteroatoms. The van der Waals surface area contributed by atoms with Crippen LogP contribution < -0.4 is 4.74 Å². The fourth-order valence-corrected chi connectivity index (χ4v) is 2.00. The van der Waals surface area contributed by atoms with Gasteiger partial charge in [0.2, 0.25) is 0 Å². The Balaban J connectivity index is 2.01. The van der Waals surface area contributed by atoms with Crippen molar-refractivity contribution in [2.24, 2.45) is 0 Å². The fourth-order valence-electron chi connectivity index (χ4n) is 2.00. The molecule has 0 aromatic heterocycles. The van der Waals surface area contributed by atoms with Crippen LogP contribution in [0.2, 0.25) is 0 Å². The van der Waals surface area contributed by atoms with Crippen molar-refractivity contribution >= 4 is 0 Å². The molecule has 0 aliphatic rings. The maximum Gasteiger partial charge on any atom is 0.119 e. The van der Waals surface area contributed by atoms with Gasteiger partial charge in [-0.3, -0.25) is 0 Å². The molecule has 0 fully saturated rings. The largest absolute Gasteiger partial charge is 0.491 e. The zero-order valence-corrected chi connectivity index (χ0v) is 11.4. The first-order chi connectivity index (χ1) is 9.15. The summed E-state index contributed by atoms with van der Waals surface area (Å²) in [5.41, 5.74) is 2.05. The van der Waals surface area contributed by atoms with Gasteiger partial charge in [-0.25, -0.2) is 0 Å². The number of aliphatic hydroxyl groups is 1. The molecule has 0 aliphatic heterocycles. The maximum absolute atomic E-state index is 10.2. The van der Waals surface area contributed by atoms with Crippen molar-refractivity contribution in [2.45, 2.75) is 32.5 Å². The molecule has 0 amide bonds.